The third kappa shape index (κ3) is 3.88. The van der Waals surface area contributed by atoms with Gasteiger partial charge in [-0.2, -0.15) is 5.10 Å². The van der Waals surface area contributed by atoms with Gasteiger partial charge in [0.25, 0.3) is 0 Å². The molecule has 2 heterocycles. The maximum absolute atomic E-state index is 12.5. The summed E-state index contributed by atoms with van der Waals surface area (Å²) in [5, 5.41) is 8.01. The highest BCUT2D eigenvalue weighted by Gasteiger charge is 2.32. The molecular weight excluding hydrogens is 262 g/mol. The molecule has 1 aliphatic heterocycles. The molecule has 1 saturated heterocycles. The van der Waals surface area contributed by atoms with Crippen molar-refractivity contribution in [1.82, 2.24) is 15.1 Å². The fourth-order valence-corrected chi connectivity index (χ4v) is 2.94. The number of carbonyl (C=O) groups excluding carboxylic acids is 1. The Morgan fingerprint density at radius 3 is 2.62 bits per heavy atom. The molecule has 1 fully saturated rings. The lowest BCUT2D eigenvalue weighted by Crippen LogP contribution is -2.28. The number of ketones is 1. The van der Waals surface area contributed by atoms with Crippen molar-refractivity contribution in [2.45, 2.75) is 53.0 Å². The molecule has 0 N–H and O–H groups in total. The summed E-state index contributed by atoms with van der Waals surface area (Å²) in [4.78, 5) is 14.9. The Bertz CT molecular complexity index is 499. The van der Waals surface area contributed by atoms with Gasteiger partial charge in [-0.3, -0.25) is 4.79 Å². The van der Waals surface area contributed by atoms with E-state index < -0.39 is 0 Å². The summed E-state index contributed by atoms with van der Waals surface area (Å²) in [6.07, 6.45) is 2.33. The second-order valence-corrected chi connectivity index (χ2v) is 6.94. The van der Waals surface area contributed by atoms with Crippen LogP contribution in [-0.2, 0) is 0 Å². The fraction of sp³-hybridized carbons (Fsp3) is 0.706. The van der Waals surface area contributed by atoms with Crippen LogP contribution in [0.5, 0.6) is 0 Å². The Balaban J connectivity index is 2.03. The topological polar surface area (TPSA) is 46.1 Å². The molecule has 4 nitrogen and oxygen atoms in total. The van der Waals surface area contributed by atoms with Crippen LogP contribution in [0, 0.1) is 11.8 Å². The lowest BCUT2D eigenvalue weighted by molar-refractivity contribution is 0.0948. The smallest absolute Gasteiger partial charge is 0.183 e. The quantitative estimate of drug-likeness (QED) is 0.781. The SMILES string of the molecule is CC(C)c1cnnc(C(=O)C[C@@H]2CN(C(C)C)C[C@@H]2C)c1. The Morgan fingerprint density at radius 2 is 2.05 bits per heavy atom. The van der Waals surface area contributed by atoms with Crippen molar-refractivity contribution in [1.29, 1.82) is 0 Å². The first-order valence-electron chi connectivity index (χ1n) is 7.98. The Kier molecular flexibility index (Phi) is 5.09. The molecule has 1 aliphatic rings. The van der Waals surface area contributed by atoms with Crippen molar-refractivity contribution >= 4 is 5.78 Å². The molecule has 0 bridgehead atoms. The second-order valence-electron chi connectivity index (χ2n) is 6.94. The van der Waals surface area contributed by atoms with E-state index in [9.17, 15) is 4.79 Å². The molecule has 0 spiro atoms. The summed E-state index contributed by atoms with van der Waals surface area (Å²) in [7, 11) is 0. The van der Waals surface area contributed by atoms with Gasteiger partial charge < -0.3 is 4.90 Å². The molecule has 2 atom stereocenters. The van der Waals surface area contributed by atoms with E-state index in [0.717, 1.165) is 18.7 Å². The zero-order valence-electron chi connectivity index (χ0n) is 13.8. The van der Waals surface area contributed by atoms with E-state index in [2.05, 4.69) is 49.7 Å². The maximum atomic E-state index is 12.5. The predicted octanol–water partition coefficient (Wildman–Crippen LogP) is 3.15. The van der Waals surface area contributed by atoms with Crippen LogP contribution in [-0.4, -0.2) is 40.0 Å². The van der Waals surface area contributed by atoms with Gasteiger partial charge >= 0.3 is 0 Å². The zero-order chi connectivity index (χ0) is 15.6. The minimum atomic E-state index is 0.132. The molecule has 21 heavy (non-hydrogen) atoms. The molecule has 1 aromatic heterocycles. The van der Waals surface area contributed by atoms with Crippen molar-refractivity contribution in [2.75, 3.05) is 13.1 Å². The normalized spacial score (nSPS) is 23.2. The van der Waals surface area contributed by atoms with E-state index in [-0.39, 0.29) is 5.78 Å². The lowest BCUT2D eigenvalue weighted by Gasteiger charge is -2.20. The summed E-state index contributed by atoms with van der Waals surface area (Å²) < 4.78 is 0. The van der Waals surface area contributed by atoms with Crippen LogP contribution in [0.2, 0.25) is 0 Å². The van der Waals surface area contributed by atoms with E-state index in [4.69, 9.17) is 0 Å². The molecule has 0 saturated carbocycles. The highest BCUT2D eigenvalue weighted by Crippen LogP contribution is 2.28. The Morgan fingerprint density at radius 1 is 1.33 bits per heavy atom. The largest absolute Gasteiger partial charge is 0.300 e. The average Bonchev–Trinajstić information content (AvgIpc) is 2.80. The summed E-state index contributed by atoms with van der Waals surface area (Å²) in [6.45, 7) is 13.0. The van der Waals surface area contributed by atoms with Gasteiger partial charge in [-0.05, 0) is 43.2 Å². The van der Waals surface area contributed by atoms with E-state index >= 15 is 0 Å². The highest BCUT2D eigenvalue weighted by atomic mass is 16.1. The predicted molar refractivity (Wildman–Crippen MR) is 84.4 cm³/mol. The van der Waals surface area contributed by atoms with E-state index in [1.165, 1.54) is 0 Å². The van der Waals surface area contributed by atoms with Gasteiger partial charge in [0.1, 0.15) is 5.69 Å². The summed E-state index contributed by atoms with van der Waals surface area (Å²) in [5.41, 5.74) is 1.60. The van der Waals surface area contributed by atoms with Crippen LogP contribution >= 0.6 is 0 Å². The van der Waals surface area contributed by atoms with Gasteiger partial charge in [-0.1, -0.05) is 20.8 Å². The molecule has 0 radical (unpaired) electrons. The molecule has 0 aliphatic carbocycles. The molecule has 1 aromatic rings. The number of likely N-dealkylation sites (tertiary alicyclic amines) is 1. The summed E-state index contributed by atoms with van der Waals surface area (Å²) >= 11 is 0. The minimum absolute atomic E-state index is 0.132. The van der Waals surface area contributed by atoms with Crippen LogP contribution in [0.15, 0.2) is 12.3 Å². The molecule has 2 rings (SSSR count). The van der Waals surface area contributed by atoms with Crippen LogP contribution in [0.1, 0.15) is 63.0 Å². The molecule has 0 aromatic carbocycles. The van der Waals surface area contributed by atoms with Crippen LogP contribution in [0.4, 0.5) is 0 Å². The summed E-state index contributed by atoms with van der Waals surface area (Å²) in [5.74, 6) is 1.50. The van der Waals surface area contributed by atoms with Gasteiger partial charge in [0.2, 0.25) is 0 Å². The van der Waals surface area contributed by atoms with Crippen LogP contribution in [0.3, 0.4) is 0 Å². The first-order valence-corrected chi connectivity index (χ1v) is 7.98. The molecular formula is C17H27N3O. The van der Waals surface area contributed by atoms with E-state index in [1.807, 2.05) is 6.07 Å². The van der Waals surface area contributed by atoms with E-state index in [1.54, 1.807) is 6.20 Å². The number of hydrogen-bond acceptors (Lipinski definition) is 4. The minimum Gasteiger partial charge on any atom is -0.300 e. The van der Waals surface area contributed by atoms with Crippen LogP contribution in [0.25, 0.3) is 0 Å². The van der Waals surface area contributed by atoms with Crippen molar-refractivity contribution in [3.63, 3.8) is 0 Å². The monoisotopic (exact) mass is 289 g/mol. The van der Waals surface area contributed by atoms with Crippen molar-refractivity contribution in [2.24, 2.45) is 11.8 Å². The summed E-state index contributed by atoms with van der Waals surface area (Å²) in [6, 6.07) is 2.46. The molecule has 0 amide bonds. The molecule has 4 heteroatoms. The zero-order valence-corrected chi connectivity index (χ0v) is 13.8. The standard InChI is InChI=1S/C17H27N3O/c1-11(2)14-6-16(19-18-8-14)17(21)7-15-10-20(12(3)4)9-13(15)5/h6,8,11-13,15H,7,9-10H2,1-5H3/t13-,15+/m0/s1. The van der Waals surface area contributed by atoms with Gasteiger partial charge in [0, 0.05) is 25.6 Å². The third-order valence-corrected chi connectivity index (χ3v) is 4.60. The van der Waals surface area contributed by atoms with Crippen molar-refractivity contribution < 1.29 is 4.79 Å². The average molecular weight is 289 g/mol. The number of Topliss-reactive ketones (excluding diaryl/α,β-unsaturated/α-hetero) is 1. The maximum Gasteiger partial charge on any atom is 0.183 e. The van der Waals surface area contributed by atoms with Crippen LogP contribution < -0.4 is 0 Å². The Hall–Kier alpha value is -1.29. The van der Waals surface area contributed by atoms with Gasteiger partial charge in [-0.25, -0.2) is 0 Å². The number of aromatic nitrogens is 2. The number of rotatable bonds is 5. The number of nitrogens with zero attached hydrogens (tertiary/aromatic N) is 3. The van der Waals surface area contributed by atoms with Gasteiger partial charge in [-0.15, -0.1) is 5.10 Å². The fourth-order valence-electron chi connectivity index (χ4n) is 2.94. The van der Waals surface area contributed by atoms with Crippen molar-refractivity contribution in [3.05, 3.63) is 23.5 Å². The highest BCUT2D eigenvalue weighted by molar-refractivity contribution is 5.94. The molecule has 116 valence electrons. The number of carbonyl (C=O) groups is 1. The van der Waals surface area contributed by atoms with Gasteiger partial charge in [0.05, 0.1) is 6.20 Å². The third-order valence-electron chi connectivity index (χ3n) is 4.60. The van der Waals surface area contributed by atoms with Crippen molar-refractivity contribution in [3.8, 4) is 0 Å². The van der Waals surface area contributed by atoms with Gasteiger partial charge in [0.15, 0.2) is 5.78 Å². The first kappa shape index (κ1) is 16.1. The molecule has 0 unspecified atom stereocenters. The lowest BCUT2D eigenvalue weighted by atomic mass is 9.91. The second kappa shape index (κ2) is 6.65. The Labute approximate surface area is 127 Å². The first-order chi connectivity index (χ1) is 9.88. The number of hydrogen-bond donors (Lipinski definition) is 0. The van der Waals surface area contributed by atoms with E-state index in [0.29, 0.717) is 35.9 Å².